The summed E-state index contributed by atoms with van der Waals surface area (Å²) in [6, 6.07) is 3.52. The Balaban J connectivity index is 2.63. The van der Waals surface area contributed by atoms with Crippen LogP contribution < -0.4 is 5.46 Å². The molecule has 0 fully saturated rings. The van der Waals surface area contributed by atoms with E-state index in [9.17, 15) is 4.39 Å². The first-order valence-corrected chi connectivity index (χ1v) is 4.48. The lowest BCUT2D eigenvalue weighted by molar-refractivity contribution is 0.619. The van der Waals surface area contributed by atoms with Crippen LogP contribution in [0, 0.1) is 12.7 Å². The summed E-state index contributed by atoms with van der Waals surface area (Å²) in [4.78, 5) is 0. The number of fused-ring (bicyclic) bond motifs is 1. The summed E-state index contributed by atoms with van der Waals surface area (Å²) < 4.78 is 13.1. The Bertz CT molecular complexity index is 320. The fraction of sp³-hybridized carbons (Fsp3) is 0.400. The SMILES string of the molecule is CB1CCc2ccc(F)c(C)c21. The summed E-state index contributed by atoms with van der Waals surface area (Å²) in [6.45, 7) is 4.62. The molecule has 0 bridgehead atoms. The molecule has 0 N–H and O–H groups in total. The van der Waals surface area contributed by atoms with Crippen LogP contribution in [0.15, 0.2) is 12.1 Å². The maximum Gasteiger partial charge on any atom is 0.173 e. The molecule has 0 radical (unpaired) electrons. The summed E-state index contributed by atoms with van der Waals surface area (Å²) in [5.74, 6) is -0.0532. The minimum absolute atomic E-state index is 0.0532. The van der Waals surface area contributed by atoms with Gasteiger partial charge in [-0.25, -0.2) is 4.39 Å². The predicted octanol–water partition coefficient (Wildman–Crippen LogP) is 2.02. The molecule has 2 rings (SSSR count). The van der Waals surface area contributed by atoms with Gasteiger partial charge in [0.15, 0.2) is 6.71 Å². The Kier molecular flexibility index (Phi) is 1.71. The highest BCUT2D eigenvalue weighted by Gasteiger charge is 2.24. The molecular formula is C10H12BF. The average Bonchev–Trinajstić information content (AvgIpc) is 2.41. The monoisotopic (exact) mass is 162 g/mol. The quantitative estimate of drug-likeness (QED) is 0.512. The summed E-state index contributed by atoms with van der Waals surface area (Å²) >= 11 is 0. The highest BCUT2D eigenvalue weighted by molar-refractivity contribution is 6.74. The molecule has 0 nitrogen and oxygen atoms in total. The summed E-state index contributed by atoms with van der Waals surface area (Å²) in [5, 5.41) is 0. The number of halogens is 1. The Morgan fingerprint density at radius 3 is 2.92 bits per heavy atom. The number of hydrogen-bond acceptors (Lipinski definition) is 0. The van der Waals surface area contributed by atoms with Crippen molar-refractivity contribution < 1.29 is 4.39 Å². The van der Waals surface area contributed by atoms with Crippen molar-refractivity contribution in [1.29, 1.82) is 0 Å². The molecule has 1 aliphatic rings. The molecule has 1 heterocycles. The minimum atomic E-state index is -0.0532. The Morgan fingerprint density at radius 2 is 2.17 bits per heavy atom. The lowest BCUT2D eigenvalue weighted by Gasteiger charge is -2.07. The van der Waals surface area contributed by atoms with Crippen molar-refractivity contribution in [3.63, 3.8) is 0 Å². The molecule has 1 aliphatic heterocycles. The van der Waals surface area contributed by atoms with Gasteiger partial charge in [0, 0.05) is 0 Å². The third-order valence-electron chi connectivity index (χ3n) is 2.88. The first kappa shape index (κ1) is 7.84. The van der Waals surface area contributed by atoms with Crippen molar-refractivity contribution in [3.8, 4) is 0 Å². The van der Waals surface area contributed by atoms with Crippen molar-refractivity contribution in [1.82, 2.24) is 0 Å². The lowest BCUT2D eigenvalue weighted by Crippen LogP contribution is -2.26. The smallest absolute Gasteiger partial charge is 0.173 e. The molecule has 0 aliphatic carbocycles. The maximum atomic E-state index is 13.1. The van der Waals surface area contributed by atoms with E-state index in [0.29, 0.717) is 6.71 Å². The van der Waals surface area contributed by atoms with E-state index < -0.39 is 0 Å². The lowest BCUT2D eigenvalue weighted by atomic mass is 9.47. The van der Waals surface area contributed by atoms with Gasteiger partial charge >= 0.3 is 0 Å². The third kappa shape index (κ3) is 0.978. The molecule has 62 valence electrons. The van der Waals surface area contributed by atoms with E-state index in [2.05, 4.69) is 6.82 Å². The van der Waals surface area contributed by atoms with Gasteiger partial charge in [-0.05, 0) is 25.0 Å². The summed E-state index contributed by atoms with van der Waals surface area (Å²) in [5.41, 5.74) is 3.47. The second kappa shape index (κ2) is 2.61. The van der Waals surface area contributed by atoms with E-state index >= 15 is 0 Å². The second-order valence-corrected chi connectivity index (χ2v) is 3.68. The molecule has 2 heteroatoms. The van der Waals surface area contributed by atoms with Crippen LogP contribution in [-0.2, 0) is 6.42 Å². The van der Waals surface area contributed by atoms with Gasteiger partial charge < -0.3 is 0 Å². The van der Waals surface area contributed by atoms with Crippen LogP contribution in [-0.4, -0.2) is 6.71 Å². The van der Waals surface area contributed by atoms with E-state index in [1.807, 2.05) is 13.0 Å². The van der Waals surface area contributed by atoms with Crippen molar-refractivity contribution in [2.75, 3.05) is 0 Å². The fourth-order valence-corrected chi connectivity index (χ4v) is 2.18. The standard InChI is InChI=1S/C10H12BF/c1-7-9(12)4-3-8-5-6-11(2)10(7)8/h3-4H,5-6H2,1-2H3. The molecule has 1 aromatic carbocycles. The van der Waals surface area contributed by atoms with E-state index in [0.717, 1.165) is 12.0 Å². The molecule has 0 aromatic heterocycles. The van der Waals surface area contributed by atoms with Crippen LogP contribution in [0.2, 0.25) is 13.1 Å². The molecular weight excluding hydrogens is 150 g/mol. The normalized spacial score (nSPS) is 15.1. The Hall–Kier alpha value is -0.785. The number of rotatable bonds is 0. The molecule has 0 saturated carbocycles. The molecule has 12 heavy (non-hydrogen) atoms. The van der Waals surface area contributed by atoms with E-state index in [1.165, 1.54) is 17.3 Å². The zero-order valence-electron chi connectivity index (χ0n) is 7.52. The van der Waals surface area contributed by atoms with Crippen molar-refractivity contribution in [2.45, 2.75) is 26.5 Å². The number of benzene rings is 1. The average molecular weight is 162 g/mol. The van der Waals surface area contributed by atoms with Crippen LogP contribution in [0.1, 0.15) is 11.1 Å². The number of hydrogen-bond donors (Lipinski definition) is 0. The number of aryl methyl sites for hydroxylation is 1. The van der Waals surface area contributed by atoms with Crippen LogP contribution in [0.3, 0.4) is 0 Å². The largest absolute Gasteiger partial charge is 0.207 e. The second-order valence-electron chi connectivity index (χ2n) is 3.68. The molecule has 0 atom stereocenters. The van der Waals surface area contributed by atoms with Gasteiger partial charge in [0.05, 0.1) is 0 Å². The highest BCUT2D eigenvalue weighted by atomic mass is 19.1. The molecule has 1 aromatic rings. The molecule has 0 amide bonds. The van der Waals surface area contributed by atoms with Gasteiger partial charge in [-0.15, -0.1) is 0 Å². The zero-order chi connectivity index (χ0) is 8.72. The van der Waals surface area contributed by atoms with Crippen LogP contribution in [0.5, 0.6) is 0 Å². The van der Waals surface area contributed by atoms with Gasteiger partial charge in [-0.3, -0.25) is 0 Å². The van der Waals surface area contributed by atoms with Crippen LogP contribution in [0.25, 0.3) is 0 Å². The van der Waals surface area contributed by atoms with Crippen molar-refractivity contribution >= 4 is 12.2 Å². The topological polar surface area (TPSA) is 0 Å². The van der Waals surface area contributed by atoms with E-state index in [4.69, 9.17) is 0 Å². The predicted molar refractivity (Wildman–Crippen MR) is 50.9 cm³/mol. The first-order valence-electron chi connectivity index (χ1n) is 4.48. The van der Waals surface area contributed by atoms with Gasteiger partial charge in [-0.2, -0.15) is 0 Å². The zero-order valence-corrected chi connectivity index (χ0v) is 7.52. The molecule has 0 unspecified atom stereocenters. The van der Waals surface area contributed by atoms with Gasteiger partial charge in [-0.1, -0.05) is 30.2 Å². The van der Waals surface area contributed by atoms with Crippen molar-refractivity contribution in [2.24, 2.45) is 0 Å². The Labute approximate surface area is 72.9 Å². The van der Waals surface area contributed by atoms with Gasteiger partial charge in [0.25, 0.3) is 0 Å². The molecule has 0 saturated heterocycles. The minimum Gasteiger partial charge on any atom is -0.207 e. The van der Waals surface area contributed by atoms with Gasteiger partial charge in [0.2, 0.25) is 0 Å². The van der Waals surface area contributed by atoms with E-state index in [-0.39, 0.29) is 5.82 Å². The maximum absolute atomic E-state index is 13.1. The van der Waals surface area contributed by atoms with Crippen LogP contribution in [0.4, 0.5) is 4.39 Å². The molecule has 0 spiro atoms. The summed E-state index contributed by atoms with van der Waals surface area (Å²) in [7, 11) is 0. The van der Waals surface area contributed by atoms with Crippen molar-refractivity contribution in [3.05, 3.63) is 29.1 Å². The first-order chi connectivity index (χ1) is 5.70. The summed E-state index contributed by atoms with van der Waals surface area (Å²) in [6.07, 6.45) is 2.30. The Morgan fingerprint density at radius 1 is 1.42 bits per heavy atom. The highest BCUT2D eigenvalue weighted by Crippen LogP contribution is 2.18. The van der Waals surface area contributed by atoms with E-state index in [1.54, 1.807) is 6.07 Å². The fourth-order valence-electron chi connectivity index (χ4n) is 2.18. The van der Waals surface area contributed by atoms with Crippen LogP contribution >= 0.6 is 0 Å². The third-order valence-corrected chi connectivity index (χ3v) is 2.88. The van der Waals surface area contributed by atoms with Gasteiger partial charge in [0.1, 0.15) is 5.82 Å².